The molecule has 1 aliphatic heterocycles. The van der Waals surface area contributed by atoms with Gasteiger partial charge >= 0.3 is 0 Å². The highest BCUT2D eigenvalue weighted by molar-refractivity contribution is 6.38. The number of carbonyl (C=O) groups excluding carboxylic acids is 8. The molecule has 57 heavy (non-hydrogen) atoms. The smallest absolute Gasteiger partial charge is 0.290 e. The molecule has 1 heterocycles. The number of nitrogens with one attached hydrogen (secondary N) is 4. The van der Waals surface area contributed by atoms with Gasteiger partial charge in [0.15, 0.2) is 0 Å². The van der Waals surface area contributed by atoms with E-state index in [1.165, 1.54) is 17.0 Å². The lowest BCUT2D eigenvalue weighted by Gasteiger charge is -2.35. The largest absolute Gasteiger partial charge is 0.371 e. The van der Waals surface area contributed by atoms with Crippen LogP contribution >= 0.6 is 0 Å². The molecule has 1 saturated carbocycles. The van der Waals surface area contributed by atoms with E-state index in [-0.39, 0.29) is 36.4 Å². The van der Waals surface area contributed by atoms with Crippen LogP contribution in [0, 0.1) is 5.92 Å². The second kappa shape index (κ2) is 20.0. The fourth-order valence-electron chi connectivity index (χ4n) is 7.42. The Morgan fingerprint density at radius 1 is 0.842 bits per heavy atom. The van der Waals surface area contributed by atoms with E-state index in [0.29, 0.717) is 24.8 Å². The average molecular weight is 790 g/mol. The Bertz CT molecular complexity index is 1810. The van der Waals surface area contributed by atoms with Crippen LogP contribution in [0.4, 0.5) is 0 Å². The molecular formula is C41H55N7O9. The lowest BCUT2D eigenvalue weighted by Crippen LogP contribution is -2.58. The topological polar surface area (TPSA) is 249 Å². The standard InChI is InChI=1S/C41H55N7O9/c1-5-14-29(34(50)39(55)44-22-31(49)46-32(36(43)52)24-15-8-6-9-16-24)45-38(54)30-21-26(57-41(2,3)4)23-48(30)40(56)33(25-17-10-7-11-18-25)47-37(53)28-20-13-12-19-27(28)35(42)51/h6,8-9,12-13,15-16,19-20,25-26,29-30,32-33H,5,7,10-11,14,17-18,21-23H2,1-4H3,(H2,42,51)(H2,43,52)(H,44,55)(H,45,54)(H,46,49)(H,47,53)/t26-,29?,30+,32+,33+/m1/s1. The summed E-state index contributed by atoms with van der Waals surface area (Å²) in [6.07, 6.45) is 3.91. The maximum Gasteiger partial charge on any atom is 0.290 e. The number of ketones is 1. The average Bonchev–Trinajstić information content (AvgIpc) is 3.60. The minimum absolute atomic E-state index is 0.000232. The Kier molecular flexibility index (Phi) is 15.5. The summed E-state index contributed by atoms with van der Waals surface area (Å²) in [5, 5.41) is 10.2. The van der Waals surface area contributed by atoms with Crippen LogP contribution in [-0.4, -0.2) is 95.0 Å². The minimum atomic E-state index is -1.30. The van der Waals surface area contributed by atoms with Crippen molar-refractivity contribution in [2.75, 3.05) is 13.1 Å². The summed E-state index contributed by atoms with van der Waals surface area (Å²) < 4.78 is 6.23. The number of amides is 7. The van der Waals surface area contributed by atoms with Gasteiger partial charge in [-0.05, 0) is 63.6 Å². The van der Waals surface area contributed by atoms with E-state index in [1.807, 2.05) is 20.8 Å². The van der Waals surface area contributed by atoms with Crippen LogP contribution in [0.15, 0.2) is 54.6 Å². The van der Waals surface area contributed by atoms with E-state index in [9.17, 15) is 38.4 Å². The molecule has 2 aromatic carbocycles. The third-order valence-corrected chi connectivity index (χ3v) is 10.0. The summed E-state index contributed by atoms with van der Waals surface area (Å²) >= 11 is 0. The Labute approximate surface area is 332 Å². The zero-order valence-corrected chi connectivity index (χ0v) is 33.0. The van der Waals surface area contributed by atoms with E-state index in [0.717, 1.165) is 19.3 Å². The predicted molar refractivity (Wildman–Crippen MR) is 209 cm³/mol. The lowest BCUT2D eigenvalue weighted by atomic mass is 9.83. The number of hydrogen-bond acceptors (Lipinski definition) is 9. The van der Waals surface area contributed by atoms with Crippen molar-refractivity contribution in [1.29, 1.82) is 0 Å². The third kappa shape index (κ3) is 12.2. The van der Waals surface area contributed by atoms with Crippen molar-refractivity contribution in [3.63, 3.8) is 0 Å². The fourth-order valence-corrected chi connectivity index (χ4v) is 7.42. The molecular weight excluding hydrogens is 734 g/mol. The second-order valence-electron chi connectivity index (χ2n) is 15.6. The molecule has 2 fully saturated rings. The normalized spacial score (nSPS) is 18.7. The van der Waals surface area contributed by atoms with Crippen LogP contribution in [0.2, 0.25) is 0 Å². The number of benzene rings is 2. The van der Waals surface area contributed by atoms with Crippen molar-refractivity contribution in [2.24, 2.45) is 17.4 Å². The molecule has 5 atom stereocenters. The molecule has 7 amide bonds. The maximum atomic E-state index is 14.7. The van der Waals surface area contributed by atoms with Crippen LogP contribution in [0.1, 0.15) is 111 Å². The highest BCUT2D eigenvalue weighted by Gasteiger charge is 2.46. The van der Waals surface area contributed by atoms with Crippen molar-refractivity contribution in [1.82, 2.24) is 26.2 Å². The molecule has 308 valence electrons. The van der Waals surface area contributed by atoms with Crippen molar-refractivity contribution in [3.05, 3.63) is 71.3 Å². The predicted octanol–water partition coefficient (Wildman–Crippen LogP) is 1.56. The van der Waals surface area contributed by atoms with E-state index in [2.05, 4.69) is 21.3 Å². The van der Waals surface area contributed by atoms with Gasteiger partial charge < -0.3 is 42.4 Å². The zero-order chi connectivity index (χ0) is 41.9. The molecule has 0 aromatic heterocycles. The van der Waals surface area contributed by atoms with Crippen LogP contribution in [0.25, 0.3) is 0 Å². The number of hydrogen-bond donors (Lipinski definition) is 6. The van der Waals surface area contributed by atoms with Gasteiger partial charge in [0.1, 0.15) is 18.1 Å². The number of primary amides is 2. The fraction of sp³-hybridized carbons (Fsp3) is 0.512. The zero-order valence-electron chi connectivity index (χ0n) is 33.0. The molecule has 8 N–H and O–H groups in total. The second-order valence-corrected chi connectivity index (χ2v) is 15.6. The van der Waals surface area contributed by atoms with Crippen LogP contribution in [0.5, 0.6) is 0 Å². The molecule has 16 heteroatoms. The monoisotopic (exact) mass is 789 g/mol. The third-order valence-electron chi connectivity index (χ3n) is 10.0. The molecule has 1 unspecified atom stereocenters. The Morgan fingerprint density at radius 2 is 1.47 bits per heavy atom. The van der Waals surface area contributed by atoms with Crippen LogP contribution in [-0.2, 0) is 33.5 Å². The van der Waals surface area contributed by atoms with Crippen LogP contribution < -0.4 is 32.7 Å². The number of nitrogens with two attached hydrogens (primary N) is 2. The molecule has 16 nitrogen and oxygen atoms in total. The summed E-state index contributed by atoms with van der Waals surface area (Å²) in [4.78, 5) is 107. The van der Waals surface area contributed by atoms with Gasteiger partial charge in [0, 0.05) is 13.0 Å². The first-order chi connectivity index (χ1) is 27.0. The van der Waals surface area contributed by atoms with Gasteiger partial charge in [-0.3, -0.25) is 38.4 Å². The van der Waals surface area contributed by atoms with Gasteiger partial charge in [0.05, 0.1) is 35.4 Å². The van der Waals surface area contributed by atoms with Gasteiger partial charge in [-0.15, -0.1) is 0 Å². The van der Waals surface area contributed by atoms with Gasteiger partial charge in [-0.2, -0.15) is 0 Å². The molecule has 2 aliphatic rings. The Hall–Kier alpha value is -5.64. The number of Topliss-reactive ketones (excluding diaryl/α,β-unsaturated/α-hetero) is 1. The summed E-state index contributed by atoms with van der Waals surface area (Å²) in [6, 6.07) is 9.66. The Morgan fingerprint density at radius 3 is 2.07 bits per heavy atom. The first-order valence-corrected chi connectivity index (χ1v) is 19.4. The van der Waals surface area contributed by atoms with Crippen molar-refractivity contribution < 1.29 is 43.1 Å². The first kappa shape index (κ1) is 44.1. The van der Waals surface area contributed by atoms with Gasteiger partial charge in [-0.25, -0.2) is 0 Å². The minimum Gasteiger partial charge on any atom is -0.371 e. The Balaban J connectivity index is 1.52. The summed E-state index contributed by atoms with van der Waals surface area (Å²) in [7, 11) is 0. The molecule has 0 bridgehead atoms. The number of likely N-dealkylation sites (tertiary alicyclic amines) is 1. The molecule has 4 rings (SSSR count). The van der Waals surface area contributed by atoms with E-state index in [1.54, 1.807) is 49.4 Å². The number of ether oxygens (including phenoxy) is 1. The van der Waals surface area contributed by atoms with E-state index in [4.69, 9.17) is 16.2 Å². The van der Waals surface area contributed by atoms with Crippen molar-refractivity contribution in [3.8, 4) is 0 Å². The van der Waals surface area contributed by atoms with Crippen LogP contribution in [0.3, 0.4) is 0 Å². The van der Waals surface area contributed by atoms with Gasteiger partial charge in [0.25, 0.3) is 11.8 Å². The SMILES string of the molecule is CCCC(NC(=O)[C@@H]1C[C@@H](OC(C)(C)C)CN1C(=O)[C@@H](NC(=O)c1ccccc1C(N)=O)C1CCCCC1)C(=O)C(=O)NCC(=O)N[C@H](C(N)=O)c1ccccc1. The quantitative estimate of drug-likeness (QED) is 0.127. The van der Waals surface area contributed by atoms with Crippen molar-refractivity contribution in [2.45, 2.75) is 115 Å². The molecule has 0 spiro atoms. The highest BCUT2D eigenvalue weighted by atomic mass is 16.5. The summed E-state index contributed by atoms with van der Waals surface area (Å²) in [5.74, 6) is -6.67. The summed E-state index contributed by atoms with van der Waals surface area (Å²) in [6.45, 7) is 6.66. The molecule has 1 saturated heterocycles. The first-order valence-electron chi connectivity index (χ1n) is 19.4. The highest BCUT2D eigenvalue weighted by Crippen LogP contribution is 2.31. The van der Waals surface area contributed by atoms with Gasteiger partial charge in [0.2, 0.25) is 35.3 Å². The molecule has 1 aliphatic carbocycles. The number of nitrogens with zero attached hydrogens (tertiary/aromatic N) is 1. The molecule has 0 radical (unpaired) electrons. The summed E-state index contributed by atoms with van der Waals surface area (Å²) in [5.41, 5.74) is 10.8. The maximum absolute atomic E-state index is 14.7. The number of carbonyl (C=O) groups is 8. The van der Waals surface area contributed by atoms with E-state index < -0.39 is 89.6 Å². The van der Waals surface area contributed by atoms with E-state index >= 15 is 0 Å². The number of rotatable bonds is 17. The van der Waals surface area contributed by atoms with Gasteiger partial charge in [-0.1, -0.05) is 75.1 Å². The lowest BCUT2D eigenvalue weighted by molar-refractivity contribution is -0.143. The van der Waals surface area contributed by atoms with Crippen molar-refractivity contribution >= 4 is 47.1 Å². The molecule has 2 aromatic rings.